The Kier molecular flexibility index (Phi) is 10.9. The normalized spacial score (nSPS) is 23.4. The molecule has 224 valence electrons. The Balaban J connectivity index is 1.64. The SMILES string of the molecule is Cc1cc(OCCCNCC(C)(C)C(N)=O)ccc1Cc1c(OC2O[C@H](CO)[C@@H](O)C(O)[C@H]2O)n[nH]c1C(C)C. The largest absolute Gasteiger partial charge is 0.494 e. The molecule has 8 N–H and O–H groups in total. The standard InChI is InChI=1S/C28H44N4O8/c1-15(2)21-19(25(32-31-21)40-26-24(36)23(35)22(34)20(13-33)39-26)12-17-7-8-18(11-16(17)3)38-10-6-9-30-14-28(4,5)27(29)37/h7-8,11,15,20,22-24,26,30,33-36H,6,9-10,12-14H2,1-5H3,(H2,29,37)(H,31,32)/t20-,22-,23?,24-,26?/m1/s1. The molecule has 1 aromatic heterocycles. The third-order valence-corrected chi connectivity index (χ3v) is 7.20. The molecule has 0 saturated carbocycles. The molecule has 0 radical (unpaired) electrons. The number of nitrogens with two attached hydrogens (primary N) is 1. The number of hydrogen-bond donors (Lipinski definition) is 7. The van der Waals surface area contributed by atoms with Crippen molar-refractivity contribution in [3.63, 3.8) is 0 Å². The average Bonchev–Trinajstić information content (AvgIpc) is 3.30. The van der Waals surface area contributed by atoms with E-state index in [-0.39, 0.29) is 17.7 Å². The number of aliphatic hydroxyl groups excluding tert-OH is 4. The van der Waals surface area contributed by atoms with Crippen LogP contribution < -0.4 is 20.5 Å². The van der Waals surface area contributed by atoms with Gasteiger partial charge in [-0.05, 0) is 62.9 Å². The van der Waals surface area contributed by atoms with Gasteiger partial charge in [0.1, 0.15) is 30.2 Å². The molecule has 3 rings (SSSR count). The van der Waals surface area contributed by atoms with E-state index in [4.69, 9.17) is 19.9 Å². The maximum Gasteiger partial charge on any atom is 0.238 e. The molecule has 40 heavy (non-hydrogen) atoms. The Morgan fingerprint density at radius 3 is 2.58 bits per heavy atom. The first-order chi connectivity index (χ1) is 18.9. The monoisotopic (exact) mass is 564 g/mol. The predicted molar refractivity (Wildman–Crippen MR) is 147 cm³/mol. The van der Waals surface area contributed by atoms with Crippen LogP contribution >= 0.6 is 0 Å². The van der Waals surface area contributed by atoms with E-state index in [2.05, 4.69) is 15.5 Å². The van der Waals surface area contributed by atoms with Crippen LogP contribution in [-0.2, 0) is 16.0 Å². The second kappa shape index (κ2) is 13.7. The molecule has 1 aliphatic rings. The van der Waals surface area contributed by atoms with Gasteiger partial charge in [-0.15, -0.1) is 5.10 Å². The summed E-state index contributed by atoms with van der Waals surface area (Å²) >= 11 is 0. The van der Waals surface area contributed by atoms with Crippen molar-refractivity contribution in [2.75, 3.05) is 26.3 Å². The average molecular weight is 565 g/mol. The van der Waals surface area contributed by atoms with Crippen LogP contribution in [0.5, 0.6) is 11.6 Å². The molecule has 1 aliphatic heterocycles. The second-order valence-electron chi connectivity index (χ2n) is 11.3. The molecule has 0 aliphatic carbocycles. The Labute approximate surface area is 234 Å². The number of rotatable bonds is 14. The fourth-order valence-electron chi connectivity index (χ4n) is 4.40. The number of nitrogens with one attached hydrogen (secondary N) is 2. The topological polar surface area (TPSA) is 192 Å². The molecule has 1 aromatic carbocycles. The highest BCUT2D eigenvalue weighted by atomic mass is 16.7. The van der Waals surface area contributed by atoms with E-state index in [1.54, 1.807) is 13.8 Å². The summed E-state index contributed by atoms with van der Waals surface area (Å²) in [5.74, 6) is 0.711. The summed E-state index contributed by atoms with van der Waals surface area (Å²) in [5, 5.41) is 50.6. The van der Waals surface area contributed by atoms with E-state index >= 15 is 0 Å². The fraction of sp³-hybridized carbons (Fsp3) is 0.643. The molecule has 2 unspecified atom stereocenters. The van der Waals surface area contributed by atoms with Gasteiger partial charge in [-0.1, -0.05) is 19.9 Å². The van der Waals surface area contributed by atoms with Crippen LogP contribution in [0.3, 0.4) is 0 Å². The van der Waals surface area contributed by atoms with E-state index in [0.717, 1.165) is 34.6 Å². The van der Waals surface area contributed by atoms with Crippen LogP contribution in [0.15, 0.2) is 18.2 Å². The second-order valence-corrected chi connectivity index (χ2v) is 11.3. The molecule has 2 heterocycles. The lowest BCUT2D eigenvalue weighted by atomic mass is 9.93. The third-order valence-electron chi connectivity index (χ3n) is 7.20. The van der Waals surface area contributed by atoms with Gasteiger partial charge in [0.05, 0.1) is 18.6 Å². The lowest BCUT2D eigenvalue weighted by Crippen LogP contribution is -2.60. The molecule has 2 aromatic rings. The van der Waals surface area contributed by atoms with Crippen molar-refractivity contribution in [1.82, 2.24) is 15.5 Å². The minimum absolute atomic E-state index is 0.0970. The number of benzene rings is 1. The Morgan fingerprint density at radius 1 is 1.23 bits per heavy atom. The van der Waals surface area contributed by atoms with Gasteiger partial charge >= 0.3 is 0 Å². The molecule has 12 heteroatoms. The Hall–Kier alpha value is -2.74. The lowest BCUT2D eigenvalue weighted by molar-refractivity contribution is -0.278. The molecule has 12 nitrogen and oxygen atoms in total. The molecular formula is C28H44N4O8. The van der Waals surface area contributed by atoms with E-state index in [1.807, 2.05) is 39.0 Å². The summed E-state index contributed by atoms with van der Waals surface area (Å²) in [5.41, 5.74) is 8.45. The Morgan fingerprint density at radius 2 is 1.95 bits per heavy atom. The predicted octanol–water partition coefficient (Wildman–Crippen LogP) is 0.481. The molecule has 0 spiro atoms. The van der Waals surface area contributed by atoms with Gasteiger partial charge in [-0.25, -0.2) is 0 Å². The van der Waals surface area contributed by atoms with E-state index in [9.17, 15) is 25.2 Å². The number of aromatic amines is 1. The summed E-state index contributed by atoms with van der Waals surface area (Å²) in [6, 6.07) is 5.85. The minimum atomic E-state index is -1.55. The van der Waals surface area contributed by atoms with Gasteiger partial charge in [0.15, 0.2) is 0 Å². The molecule has 1 amide bonds. The van der Waals surface area contributed by atoms with Crippen molar-refractivity contribution in [3.05, 3.63) is 40.6 Å². The van der Waals surface area contributed by atoms with Crippen LogP contribution in [-0.4, -0.2) is 93.5 Å². The first-order valence-electron chi connectivity index (χ1n) is 13.6. The van der Waals surface area contributed by atoms with Crippen LogP contribution in [0.2, 0.25) is 0 Å². The van der Waals surface area contributed by atoms with Crippen molar-refractivity contribution < 1.29 is 39.4 Å². The molecule has 1 saturated heterocycles. The quantitative estimate of drug-likeness (QED) is 0.159. The first kappa shape index (κ1) is 31.8. The zero-order valence-corrected chi connectivity index (χ0v) is 23.9. The van der Waals surface area contributed by atoms with Crippen molar-refractivity contribution in [3.8, 4) is 11.6 Å². The number of hydrogen-bond acceptors (Lipinski definition) is 10. The van der Waals surface area contributed by atoms with Crippen molar-refractivity contribution >= 4 is 5.91 Å². The van der Waals surface area contributed by atoms with E-state index in [1.165, 1.54) is 0 Å². The summed E-state index contributed by atoms with van der Waals surface area (Å²) in [7, 11) is 0. The number of aliphatic hydroxyl groups is 4. The first-order valence-corrected chi connectivity index (χ1v) is 13.6. The highest BCUT2D eigenvalue weighted by Crippen LogP contribution is 2.32. The number of aromatic nitrogens is 2. The molecule has 5 atom stereocenters. The van der Waals surface area contributed by atoms with E-state index in [0.29, 0.717) is 26.1 Å². The van der Waals surface area contributed by atoms with Gasteiger partial charge in [-0.2, -0.15) is 0 Å². The number of nitrogens with zero attached hydrogens (tertiary/aromatic N) is 1. The Bertz CT molecular complexity index is 1120. The maximum atomic E-state index is 11.4. The van der Waals surface area contributed by atoms with Crippen LogP contribution in [0.1, 0.15) is 62.4 Å². The smallest absolute Gasteiger partial charge is 0.238 e. The van der Waals surface area contributed by atoms with Gasteiger partial charge < -0.3 is 45.7 Å². The van der Waals surface area contributed by atoms with Gasteiger partial charge in [0.2, 0.25) is 18.1 Å². The number of amides is 1. The number of carbonyl (C=O) groups excluding carboxylic acids is 1. The molecular weight excluding hydrogens is 520 g/mol. The zero-order chi connectivity index (χ0) is 29.6. The van der Waals surface area contributed by atoms with Crippen LogP contribution in [0, 0.1) is 12.3 Å². The molecule has 0 bridgehead atoms. The fourth-order valence-corrected chi connectivity index (χ4v) is 4.40. The van der Waals surface area contributed by atoms with Crippen molar-refractivity contribution in [2.24, 2.45) is 11.1 Å². The summed E-state index contributed by atoms with van der Waals surface area (Å²) < 4.78 is 17.3. The van der Waals surface area contributed by atoms with Gasteiger partial charge in [-0.3, -0.25) is 9.89 Å². The number of primary amides is 1. The maximum absolute atomic E-state index is 11.4. The van der Waals surface area contributed by atoms with Gasteiger partial charge in [0.25, 0.3) is 0 Å². The third kappa shape index (κ3) is 7.71. The van der Waals surface area contributed by atoms with Crippen molar-refractivity contribution in [2.45, 2.75) is 84.1 Å². The number of H-pyrrole nitrogens is 1. The van der Waals surface area contributed by atoms with Crippen LogP contribution in [0.25, 0.3) is 0 Å². The minimum Gasteiger partial charge on any atom is -0.494 e. The summed E-state index contributed by atoms with van der Waals surface area (Å²) in [6.07, 6.45) is -5.72. The van der Waals surface area contributed by atoms with E-state index < -0.39 is 42.7 Å². The van der Waals surface area contributed by atoms with Gasteiger partial charge in [0, 0.05) is 24.2 Å². The number of aryl methyl sites for hydroxylation is 1. The highest BCUT2D eigenvalue weighted by Gasteiger charge is 2.45. The summed E-state index contributed by atoms with van der Waals surface area (Å²) in [6.45, 7) is 10.8. The summed E-state index contributed by atoms with van der Waals surface area (Å²) in [4.78, 5) is 11.4. The lowest BCUT2D eigenvalue weighted by Gasteiger charge is -2.39. The van der Waals surface area contributed by atoms with Crippen LogP contribution in [0.4, 0.5) is 0 Å². The molecule has 1 fully saturated rings. The van der Waals surface area contributed by atoms with Crippen molar-refractivity contribution in [1.29, 1.82) is 0 Å². The number of carbonyl (C=O) groups is 1. The number of ether oxygens (including phenoxy) is 3. The highest BCUT2D eigenvalue weighted by molar-refractivity contribution is 5.80. The zero-order valence-electron chi connectivity index (χ0n) is 23.9.